The summed E-state index contributed by atoms with van der Waals surface area (Å²) in [6.45, 7) is 0.585. The molecule has 0 saturated carbocycles. The molecule has 0 aromatic carbocycles. The van der Waals surface area contributed by atoms with Gasteiger partial charge in [-0.2, -0.15) is 0 Å². The van der Waals surface area contributed by atoms with Crippen molar-refractivity contribution in [2.45, 2.75) is 6.42 Å². The predicted octanol–water partition coefficient (Wildman–Crippen LogP) is -1.28. The van der Waals surface area contributed by atoms with Gasteiger partial charge in [0.25, 0.3) is 0 Å². The van der Waals surface area contributed by atoms with Crippen LogP contribution >= 0.6 is 0 Å². The summed E-state index contributed by atoms with van der Waals surface area (Å²) < 4.78 is 23.9. The van der Waals surface area contributed by atoms with E-state index >= 15 is 0 Å². The number of aliphatic carboxylic acids is 1. The quantitative estimate of drug-likeness (QED) is 0.605. The number of nitrogens with zero attached hydrogens (tertiary/aromatic N) is 1. The van der Waals surface area contributed by atoms with Crippen molar-refractivity contribution in [2.24, 2.45) is 5.92 Å². The number of carbonyl (C=O) groups is 1. The Bertz CT molecular complexity index is 306. The SMILES string of the molecule is O=C(O)CCS(=O)(=O)N1CC(CO)C1. The van der Waals surface area contributed by atoms with Crippen molar-refractivity contribution in [3.05, 3.63) is 0 Å². The summed E-state index contributed by atoms with van der Waals surface area (Å²) in [6.07, 6.45) is -0.372. The van der Waals surface area contributed by atoms with Crippen LogP contribution in [0.5, 0.6) is 0 Å². The van der Waals surface area contributed by atoms with Crippen LogP contribution < -0.4 is 0 Å². The normalized spacial score (nSPS) is 19.2. The van der Waals surface area contributed by atoms with Crippen molar-refractivity contribution in [1.82, 2.24) is 4.31 Å². The van der Waals surface area contributed by atoms with Crippen LogP contribution in [0.25, 0.3) is 0 Å². The Morgan fingerprint density at radius 2 is 2.00 bits per heavy atom. The number of hydrogen-bond acceptors (Lipinski definition) is 4. The second-order valence-electron chi connectivity index (χ2n) is 3.33. The fourth-order valence-electron chi connectivity index (χ4n) is 1.21. The van der Waals surface area contributed by atoms with Gasteiger partial charge in [-0.3, -0.25) is 4.79 Å². The standard InChI is InChI=1S/C7H13NO5S/c9-5-6-3-8(4-6)14(12,13)2-1-7(10)11/h6,9H,1-5H2,(H,10,11). The lowest BCUT2D eigenvalue weighted by molar-refractivity contribution is -0.136. The number of carboxylic acids is 1. The average molecular weight is 223 g/mol. The first kappa shape index (κ1) is 11.4. The van der Waals surface area contributed by atoms with Crippen LogP contribution in [0, 0.1) is 5.92 Å². The van der Waals surface area contributed by atoms with Gasteiger partial charge in [0.2, 0.25) is 10.0 Å². The van der Waals surface area contributed by atoms with Crippen molar-refractivity contribution >= 4 is 16.0 Å². The van der Waals surface area contributed by atoms with Gasteiger partial charge in [-0.05, 0) is 0 Å². The fourth-order valence-corrected chi connectivity index (χ4v) is 2.78. The van der Waals surface area contributed by atoms with Crippen molar-refractivity contribution in [1.29, 1.82) is 0 Å². The van der Waals surface area contributed by atoms with Crippen molar-refractivity contribution in [3.8, 4) is 0 Å². The van der Waals surface area contributed by atoms with Gasteiger partial charge in [0, 0.05) is 25.6 Å². The molecule has 0 unspecified atom stereocenters. The van der Waals surface area contributed by atoms with Gasteiger partial charge in [0.1, 0.15) is 0 Å². The molecule has 0 spiro atoms. The molecule has 7 heteroatoms. The monoisotopic (exact) mass is 223 g/mol. The molecule has 2 N–H and O–H groups in total. The van der Waals surface area contributed by atoms with Crippen LogP contribution in [0.2, 0.25) is 0 Å². The third-order valence-electron chi connectivity index (χ3n) is 2.15. The summed E-state index contributed by atoms with van der Waals surface area (Å²) >= 11 is 0. The lowest BCUT2D eigenvalue weighted by Crippen LogP contribution is -2.52. The number of aliphatic hydroxyl groups excluding tert-OH is 1. The Morgan fingerprint density at radius 3 is 2.43 bits per heavy atom. The van der Waals surface area contributed by atoms with E-state index in [4.69, 9.17) is 10.2 Å². The molecule has 1 aliphatic rings. The average Bonchev–Trinajstić information content (AvgIpc) is 1.99. The molecule has 0 bridgehead atoms. The van der Waals surface area contributed by atoms with Crippen LogP contribution in [0.3, 0.4) is 0 Å². The molecule has 0 aliphatic carbocycles. The molecular weight excluding hydrogens is 210 g/mol. The molecule has 0 radical (unpaired) electrons. The van der Waals surface area contributed by atoms with E-state index in [-0.39, 0.29) is 24.7 Å². The summed E-state index contributed by atoms with van der Waals surface area (Å²) in [6, 6.07) is 0. The molecule has 1 saturated heterocycles. The maximum atomic E-state index is 11.4. The minimum atomic E-state index is -3.42. The van der Waals surface area contributed by atoms with Crippen molar-refractivity contribution in [3.63, 3.8) is 0 Å². The van der Waals surface area contributed by atoms with Gasteiger partial charge < -0.3 is 10.2 Å². The summed E-state index contributed by atoms with van der Waals surface area (Å²) in [5.41, 5.74) is 0. The third kappa shape index (κ3) is 2.66. The topological polar surface area (TPSA) is 94.9 Å². The molecule has 1 fully saturated rings. The predicted molar refractivity (Wildman–Crippen MR) is 48.2 cm³/mol. The molecule has 0 aromatic rings. The van der Waals surface area contributed by atoms with E-state index in [1.54, 1.807) is 0 Å². The van der Waals surface area contributed by atoms with E-state index in [1.165, 1.54) is 4.31 Å². The maximum absolute atomic E-state index is 11.4. The minimum absolute atomic E-state index is 0.00889. The number of hydrogen-bond donors (Lipinski definition) is 2. The fraction of sp³-hybridized carbons (Fsp3) is 0.857. The number of carboxylic acid groups (broad SMARTS) is 1. The van der Waals surface area contributed by atoms with Gasteiger partial charge in [-0.15, -0.1) is 0 Å². The number of sulfonamides is 1. The Labute approximate surface area is 82.2 Å². The van der Waals surface area contributed by atoms with Gasteiger partial charge in [-0.1, -0.05) is 0 Å². The highest BCUT2D eigenvalue weighted by molar-refractivity contribution is 7.89. The molecule has 1 heterocycles. The summed E-state index contributed by atoms with van der Waals surface area (Å²) in [7, 11) is -3.42. The van der Waals surface area contributed by atoms with Crippen LogP contribution in [-0.4, -0.2) is 54.4 Å². The minimum Gasteiger partial charge on any atom is -0.481 e. The van der Waals surface area contributed by atoms with Crippen LogP contribution in [0.15, 0.2) is 0 Å². The molecule has 14 heavy (non-hydrogen) atoms. The largest absolute Gasteiger partial charge is 0.481 e. The summed E-state index contributed by atoms with van der Waals surface area (Å²) in [5, 5.41) is 17.0. The molecule has 82 valence electrons. The molecule has 0 atom stereocenters. The highest BCUT2D eigenvalue weighted by Gasteiger charge is 2.34. The second kappa shape index (κ2) is 4.24. The zero-order chi connectivity index (χ0) is 10.8. The summed E-state index contributed by atoms with van der Waals surface area (Å²) in [4.78, 5) is 10.2. The Kier molecular flexibility index (Phi) is 3.46. The van der Waals surface area contributed by atoms with Crippen LogP contribution in [0.1, 0.15) is 6.42 Å². The Morgan fingerprint density at radius 1 is 1.43 bits per heavy atom. The molecule has 1 aliphatic heterocycles. The lowest BCUT2D eigenvalue weighted by Gasteiger charge is -2.36. The molecule has 0 aromatic heterocycles. The van der Waals surface area contributed by atoms with Crippen molar-refractivity contribution < 1.29 is 23.4 Å². The maximum Gasteiger partial charge on any atom is 0.304 e. The van der Waals surface area contributed by atoms with Crippen LogP contribution in [0.4, 0.5) is 0 Å². The highest BCUT2D eigenvalue weighted by atomic mass is 32.2. The van der Waals surface area contributed by atoms with E-state index in [0.29, 0.717) is 13.1 Å². The Hall–Kier alpha value is -0.660. The zero-order valence-corrected chi connectivity index (χ0v) is 8.40. The number of aliphatic hydroxyl groups is 1. The first-order chi connectivity index (χ1) is 6.45. The van der Waals surface area contributed by atoms with Gasteiger partial charge >= 0.3 is 5.97 Å². The number of rotatable bonds is 5. The van der Waals surface area contributed by atoms with E-state index in [9.17, 15) is 13.2 Å². The third-order valence-corrected chi connectivity index (χ3v) is 3.95. The first-order valence-corrected chi connectivity index (χ1v) is 5.87. The lowest BCUT2D eigenvalue weighted by atomic mass is 10.1. The first-order valence-electron chi connectivity index (χ1n) is 4.26. The van der Waals surface area contributed by atoms with Gasteiger partial charge in [0.15, 0.2) is 0 Å². The van der Waals surface area contributed by atoms with Crippen molar-refractivity contribution in [2.75, 3.05) is 25.4 Å². The Balaban J connectivity index is 2.40. The zero-order valence-electron chi connectivity index (χ0n) is 7.59. The van der Waals surface area contributed by atoms with E-state index < -0.39 is 16.0 Å². The van der Waals surface area contributed by atoms with Crippen LogP contribution in [-0.2, 0) is 14.8 Å². The van der Waals surface area contributed by atoms with E-state index in [2.05, 4.69) is 0 Å². The molecular formula is C7H13NO5S. The molecule has 6 nitrogen and oxygen atoms in total. The van der Waals surface area contributed by atoms with Gasteiger partial charge in [-0.25, -0.2) is 12.7 Å². The molecule has 0 amide bonds. The van der Waals surface area contributed by atoms with Gasteiger partial charge in [0.05, 0.1) is 12.2 Å². The smallest absolute Gasteiger partial charge is 0.304 e. The second-order valence-corrected chi connectivity index (χ2v) is 5.41. The highest BCUT2D eigenvalue weighted by Crippen LogP contribution is 2.19. The summed E-state index contributed by atoms with van der Waals surface area (Å²) in [5.74, 6) is -1.47. The van der Waals surface area contributed by atoms with E-state index in [1.807, 2.05) is 0 Å². The molecule has 1 rings (SSSR count). The van der Waals surface area contributed by atoms with E-state index in [0.717, 1.165) is 0 Å².